The van der Waals surface area contributed by atoms with Crippen molar-refractivity contribution in [1.29, 1.82) is 0 Å². The van der Waals surface area contributed by atoms with Gasteiger partial charge in [-0.25, -0.2) is 4.79 Å². The number of benzene rings is 2. The van der Waals surface area contributed by atoms with Crippen LogP contribution in [0.5, 0.6) is 5.75 Å². The summed E-state index contributed by atoms with van der Waals surface area (Å²) in [5.41, 5.74) is 7.47. The van der Waals surface area contributed by atoms with Gasteiger partial charge in [0.25, 0.3) is 0 Å². The molecular weight excluding hydrogens is 266 g/mol. The van der Waals surface area contributed by atoms with Gasteiger partial charge in [0.15, 0.2) is 0 Å². The first-order valence-electron chi connectivity index (χ1n) is 6.81. The van der Waals surface area contributed by atoms with E-state index >= 15 is 0 Å². The SMILES string of the molecule is CCC(Nc1ccc(NC(N)=O)cc1)c1ccccc1O. The van der Waals surface area contributed by atoms with E-state index in [1.54, 1.807) is 24.3 Å². The maximum Gasteiger partial charge on any atom is 0.316 e. The molecule has 5 N–H and O–H groups in total. The molecule has 0 heterocycles. The molecule has 5 nitrogen and oxygen atoms in total. The lowest BCUT2D eigenvalue weighted by atomic mass is 10.0. The van der Waals surface area contributed by atoms with Crippen LogP contribution in [0.15, 0.2) is 48.5 Å². The summed E-state index contributed by atoms with van der Waals surface area (Å²) in [6, 6.07) is 14.0. The zero-order valence-corrected chi connectivity index (χ0v) is 11.8. The first kappa shape index (κ1) is 14.7. The predicted molar refractivity (Wildman–Crippen MR) is 84.4 cm³/mol. The zero-order chi connectivity index (χ0) is 15.2. The number of urea groups is 1. The Morgan fingerprint density at radius 3 is 2.33 bits per heavy atom. The molecular formula is C16H19N3O2. The Morgan fingerprint density at radius 2 is 1.76 bits per heavy atom. The van der Waals surface area contributed by atoms with Crippen molar-refractivity contribution >= 4 is 17.4 Å². The summed E-state index contributed by atoms with van der Waals surface area (Å²) in [7, 11) is 0. The molecule has 2 rings (SSSR count). The minimum absolute atomic E-state index is 0.0150. The normalized spacial score (nSPS) is 11.7. The summed E-state index contributed by atoms with van der Waals surface area (Å²) in [6.45, 7) is 2.05. The molecule has 2 aromatic rings. The molecule has 21 heavy (non-hydrogen) atoms. The number of amides is 2. The molecule has 110 valence electrons. The second-order valence-electron chi connectivity index (χ2n) is 4.73. The Hall–Kier alpha value is -2.69. The molecule has 0 aliphatic rings. The Labute approximate surface area is 123 Å². The second-order valence-corrected chi connectivity index (χ2v) is 4.73. The monoisotopic (exact) mass is 285 g/mol. The molecule has 2 amide bonds. The third-order valence-corrected chi connectivity index (χ3v) is 3.21. The van der Waals surface area contributed by atoms with Gasteiger partial charge in [0, 0.05) is 16.9 Å². The van der Waals surface area contributed by atoms with Gasteiger partial charge in [-0.05, 0) is 36.8 Å². The number of nitrogens with two attached hydrogens (primary N) is 1. The van der Waals surface area contributed by atoms with Crippen molar-refractivity contribution < 1.29 is 9.90 Å². The van der Waals surface area contributed by atoms with Gasteiger partial charge in [0.2, 0.25) is 0 Å². The summed E-state index contributed by atoms with van der Waals surface area (Å²) < 4.78 is 0. The summed E-state index contributed by atoms with van der Waals surface area (Å²) >= 11 is 0. The van der Waals surface area contributed by atoms with Crippen LogP contribution in [0.4, 0.5) is 16.2 Å². The maximum atomic E-state index is 10.8. The highest BCUT2D eigenvalue weighted by Gasteiger charge is 2.12. The number of hydrogen-bond acceptors (Lipinski definition) is 3. The lowest BCUT2D eigenvalue weighted by molar-refractivity contribution is 0.259. The average Bonchev–Trinajstić information content (AvgIpc) is 2.47. The number of hydrogen-bond donors (Lipinski definition) is 4. The number of carbonyl (C=O) groups is 1. The van der Waals surface area contributed by atoms with Crippen LogP contribution < -0.4 is 16.4 Å². The second kappa shape index (κ2) is 6.65. The third kappa shape index (κ3) is 3.89. The molecule has 0 saturated heterocycles. The molecule has 0 aliphatic heterocycles. The van der Waals surface area contributed by atoms with Gasteiger partial charge in [-0.1, -0.05) is 25.1 Å². The fourth-order valence-electron chi connectivity index (χ4n) is 2.18. The minimum atomic E-state index is -0.587. The number of phenols is 1. The smallest absolute Gasteiger partial charge is 0.316 e. The molecule has 5 heteroatoms. The fraction of sp³-hybridized carbons (Fsp3) is 0.188. The van der Waals surface area contributed by atoms with Crippen molar-refractivity contribution in [3.8, 4) is 5.75 Å². The van der Waals surface area contributed by atoms with Crippen molar-refractivity contribution in [1.82, 2.24) is 0 Å². The van der Waals surface area contributed by atoms with Gasteiger partial charge in [0.05, 0.1) is 6.04 Å². The molecule has 0 spiro atoms. The number of aromatic hydroxyl groups is 1. The first-order valence-corrected chi connectivity index (χ1v) is 6.81. The van der Waals surface area contributed by atoms with Gasteiger partial charge >= 0.3 is 6.03 Å². The van der Waals surface area contributed by atoms with Crippen LogP contribution in [0.25, 0.3) is 0 Å². The summed E-state index contributed by atoms with van der Waals surface area (Å²) in [5.74, 6) is 0.281. The Morgan fingerprint density at radius 1 is 1.14 bits per heavy atom. The quantitative estimate of drug-likeness (QED) is 0.678. The first-order chi connectivity index (χ1) is 10.1. The van der Waals surface area contributed by atoms with E-state index in [1.807, 2.05) is 31.2 Å². The summed E-state index contributed by atoms with van der Waals surface area (Å²) in [5, 5.41) is 15.8. The highest BCUT2D eigenvalue weighted by atomic mass is 16.3. The van der Waals surface area contributed by atoms with E-state index in [4.69, 9.17) is 5.73 Å². The summed E-state index contributed by atoms with van der Waals surface area (Å²) in [6.07, 6.45) is 0.832. The standard InChI is InChI=1S/C16H19N3O2/c1-2-14(13-5-3-4-6-15(13)20)18-11-7-9-12(10-8-11)19-16(17)21/h3-10,14,18,20H,2H2,1H3,(H3,17,19,21). The van der Waals surface area contributed by atoms with E-state index in [1.165, 1.54) is 0 Å². The highest BCUT2D eigenvalue weighted by Crippen LogP contribution is 2.29. The zero-order valence-electron chi connectivity index (χ0n) is 11.8. The van der Waals surface area contributed by atoms with Crippen LogP contribution in [0.2, 0.25) is 0 Å². The van der Waals surface area contributed by atoms with Crippen molar-refractivity contribution in [3.63, 3.8) is 0 Å². The predicted octanol–water partition coefficient (Wildman–Crippen LogP) is 3.45. The fourth-order valence-corrected chi connectivity index (χ4v) is 2.18. The number of para-hydroxylation sites is 1. The number of anilines is 2. The Balaban J connectivity index is 2.12. The number of carbonyl (C=O) groups excluding carboxylic acids is 1. The van der Waals surface area contributed by atoms with Crippen LogP contribution in [-0.4, -0.2) is 11.1 Å². The van der Waals surface area contributed by atoms with E-state index in [2.05, 4.69) is 10.6 Å². The maximum absolute atomic E-state index is 10.8. The van der Waals surface area contributed by atoms with Crippen LogP contribution in [0, 0.1) is 0 Å². The topological polar surface area (TPSA) is 87.4 Å². The average molecular weight is 285 g/mol. The van der Waals surface area contributed by atoms with Crippen molar-refractivity contribution in [2.45, 2.75) is 19.4 Å². The molecule has 0 aliphatic carbocycles. The van der Waals surface area contributed by atoms with Crippen LogP contribution >= 0.6 is 0 Å². The van der Waals surface area contributed by atoms with Gasteiger partial charge in [-0.15, -0.1) is 0 Å². The van der Waals surface area contributed by atoms with Gasteiger partial charge < -0.3 is 21.5 Å². The molecule has 0 saturated carbocycles. The lowest BCUT2D eigenvalue weighted by Gasteiger charge is -2.20. The molecule has 0 fully saturated rings. The van der Waals surface area contributed by atoms with Crippen molar-refractivity contribution in [2.75, 3.05) is 10.6 Å². The van der Waals surface area contributed by atoms with E-state index in [9.17, 15) is 9.90 Å². The number of primary amides is 1. The number of nitrogens with one attached hydrogen (secondary N) is 2. The van der Waals surface area contributed by atoms with E-state index in [0.29, 0.717) is 5.69 Å². The van der Waals surface area contributed by atoms with E-state index in [0.717, 1.165) is 17.7 Å². The van der Waals surface area contributed by atoms with E-state index < -0.39 is 6.03 Å². The van der Waals surface area contributed by atoms with E-state index in [-0.39, 0.29) is 11.8 Å². The van der Waals surface area contributed by atoms with Crippen LogP contribution in [-0.2, 0) is 0 Å². The van der Waals surface area contributed by atoms with Crippen LogP contribution in [0.1, 0.15) is 24.9 Å². The molecule has 0 radical (unpaired) electrons. The number of rotatable bonds is 5. The third-order valence-electron chi connectivity index (χ3n) is 3.21. The minimum Gasteiger partial charge on any atom is -0.508 e. The summed E-state index contributed by atoms with van der Waals surface area (Å²) in [4.78, 5) is 10.8. The molecule has 0 bridgehead atoms. The molecule has 1 atom stereocenters. The van der Waals surface area contributed by atoms with Gasteiger partial charge in [-0.2, -0.15) is 0 Å². The molecule has 0 aromatic heterocycles. The van der Waals surface area contributed by atoms with Crippen molar-refractivity contribution in [2.24, 2.45) is 5.73 Å². The molecule has 1 unspecified atom stereocenters. The van der Waals surface area contributed by atoms with Crippen molar-refractivity contribution in [3.05, 3.63) is 54.1 Å². The number of phenolic OH excluding ortho intramolecular Hbond substituents is 1. The Kier molecular flexibility index (Phi) is 4.66. The van der Waals surface area contributed by atoms with Gasteiger partial charge in [-0.3, -0.25) is 0 Å². The lowest BCUT2D eigenvalue weighted by Crippen LogP contribution is -2.19. The molecule has 2 aromatic carbocycles. The Bertz CT molecular complexity index is 611. The highest BCUT2D eigenvalue weighted by molar-refractivity contribution is 5.87. The van der Waals surface area contributed by atoms with Crippen LogP contribution in [0.3, 0.4) is 0 Å². The largest absolute Gasteiger partial charge is 0.508 e. The van der Waals surface area contributed by atoms with Gasteiger partial charge in [0.1, 0.15) is 5.75 Å².